The van der Waals surface area contributed by atoms with Gasteiger partial charge in [0.1, 0.15) is 0 Å². The van der Waals surface area contributed by atoms with Crippen molar-refractivity contribution in [2.45, 2.75) is 6.92 Å². The Morgan fingerprint density at radius 2 is 2.21 bits per heavy atom. The van der Waals surface area contributed by atoms with Crippen LogP contribution < -0.4 is 5.48 Å². The Labute approximate surface area is 79.3 Å². The lowest BCUT2D eigenvalue weighted by atomic mass is 10.1. The lowest BCUT2D eigenvalue weighted by molar-refractivity contribution is -0.384. The molecule has 6 heteroatoms. The Bertz CT molecular complexity index is 389. The molecule has 1 amide bonds. The van der Waals surface area contributed by atoms with Crippen molar-refractivity contribution in [1.29, 1.82) is 0 Å². The molecule has 0 aromatic heterocycles. The van der Waals surface area contributed by atoms with Gasteiger partial charge in [-0.25, -0.2) is 5.48 Å². The molecule has 74 valence electrons. The van der Waals surface area contributed by atoms with Crippen LogP contribution in [0.2, 0.25) is 0 Å². The number of nitro benzene ring substituents is 1. The van der Waals surface area contributed by atoms with E-state index in [1.165, 1.54) is 23.7 Å². The normalized spacial score (nSPS) is 9.57. The molecule has 0 radical (unpaired) electrons. The van der Waals surface area contributed by atoms with Gasteiger partial charge in [-0.05, 0) is 18.6 Å². The van der Waals surface area contributed by atoms with E-state index in [1.54, 1.807) is 6.92 Å². The number of carbonyl (C=O) groups is 1. The van der Waals surface area contributed by atoms with E-state index in [2.05, 4.69) is 0 Å². The molecule has 2 N–H and O–H groups in total. The van der Waals surface area contributed by atoms with E-state index in [9.17, 15) is 14.9 Å². The Hall–Kier alpha value is -1.95. The van der Waals surface area contributed by atoms with Crippen LogP contribution in [0.3, 0.4) is 0 Å². The molecule has 0 atom stereocenters. The molecule has 0 aliphatic heterocycles. The largest absolute Gasteiger partial charge is 0.288 e. The van der Waals surface area contributed by atoms with Crippen molar-refractivity contribution in [3.63, 3.8) is 0 Å². The van der Waals surface area contributed by atoms with Crippen LogP contribution in [-0.4, -0.2) is 16.0 Å². The van der Waals surface area contributed by atoms with Crippen LogP contribution in [0.1, 0.15) is 15.9 Å². The van der Waals surface area contributed by atoms with E-state index >= 15 is 0 Å². The zero-order chi connectivity index (χ0) is 10.7. The van der Waals surface area contributed by atoms with Gasteiger partial charge in [-0.2, -0.15) is 0 Å². The molecule has 0 unspecified atom stereocenters. The average molecular weight is 196 g/mol. The predicted molar refractivity (Wildman–Crippen MR) is 47.1 cm³/mol. The van der Waals surface area contributed by atoms with Crippen molar-refractivity contribution in [1.82, 2.24) is 5.48 Å². The highest BCUT2D eigenvalue weighted by molar-refractivity contribution is 5.95. The van der Waals surface area contributed by atoms with Gasteiger partial charge in [0.05, 0.1) is 4.92 Å². The van der Waals surface area contributed by atoms with Crippen LogP contribution >= 0.6 is 0 Å². The number of aryl methyl sites for hydroxylation is 1. The third kappa shape index (κ3) is 1.86. The summed E-state index contributed by atoms with van der Waals surface area (Å²) < 4.78 is 0. The molecule has 14 heavy (non-hydrogen) atoms. The molecule has 1 aromatic rings. The molecule has 0 saturated heterocycles. The highest BCUT2D eigenvalue weighted by atomic mass is 16.6. The van der Waals surface area contributed by atoms with Gasteiger partial charge in [-0.3, -0.25) is 20.1 Å². The van der Waals surface area contributed by atoms with Gasteiger partial charge in [0.15, 0.2) is 0 Å². The standard InChI is InChI=1S/C8H8N2O4/c1-5-4-6(10(13)14)2-3-7(5)8(11)9-12/h2-4,12H,1H3,(H,9,11). The summed E-state index contributed by atoms with van der Waals surface area (Å²) in [7, 11) is 0. The monoisotopic (exact) mass is 196 g/mol. The number of hydrogen-bond acceptors (Lipinski definition) is 4. The zero-order valence-electron chi connectivity index (χ0n) is 7.35. The molecule has 0 aliphatic rings. The van der Waals surface area contributed by atoms with Gasteiger partial charge >= 0.3 is 0 Å². The number of amides is 1. The molecule has 1 rings (SSSR count). The van der Waals surface area contributed by atoms with Gasteiger partial charge in [0.25, 0.3) is 11.6 Å². The summed E-state index contributed by atoms with van der Waals surface area (Å²) in [4.78, 5) is 20.8. The van der Waals surface area contributed by atoms with Crippen LogP contribution in [-0.2, 0) is 0 Å². The first-order valence-corrected chi connectivity index (χ1v) is 3.75. The number of non-ortho nitro benzene ring substituents is 1. The Morgan fingerprint density at radius 3 is 2.64 bits per heavy atom. The summed E-state index contributed by atoms with van der Waals surface area (Å²) in [5.41, 5.74) is 2.02. The van der Waals surface area contributed by atoms with E-state index in [-0.39, 0.29) is 11.3 Å². The lowest BCUT2D eigenvalue weighted by Gasteiger charge is -2.02. The van der Waals surface area contributed by atoms with E-state index in [0.717, 1.165) is 0 Å². The fraction of sp³-hybridized carbons (Fsp3) is 0.125. The quantitative estimate of drug-likeness (QED) is 0.419. The first-order valence-electron chi connectivity index (χ1n) is 3.75. The highest BCUT2D eigenvalue weighted by Gasteiger charge is 2.12. The van der Waals surface area contributed by atoms with E-state index in [1.807, 2.05) is 0 Å². The lowest BCUT2D eigenvalue weighted by Crippen LogP contribution is -2.19. The van der Waals surface area contributed by atoms with Crippen molar-refractivity contribution >= 4 is 11.6 Å². The van der Waals surface area contributed by atoms with Crippen molar-refractivity contribution in [3.8, 4) is 0 Å². The average Bonchev–Trinajstić information content (AvgIpc) is 2.16. The third-order valence-corrected chi connectivity index (χ3v) is 1.77. The van der Waals surface area contributed by atoms with Gasteiger partial charge in [-0.15, -0.1) is 0 Å². The number of hydrogen-bond donors (Lipinski definition) is 2. The highest BCUT2D eigenvalue weighted by Crippen LogP contribution is 2.16. The van der Waals surface area contributed by atoms with E-state index in [0.29, 0.717) is 5.56 Å². The molecule has 6 nitrogen and oxygen atoms in total. The summed E-state index contributed by atoms with van der Waals surface area (Å²) in [6.45, 7) is 1.55. The first kappa shape index (κ1) is 10.1. The van der Waals surface area contributed by atoms with Gasteiger partial charge < -0.3 is 0 Å². The summed E-state index contributed by atoms with van der Waals surface area (Å²) >= 11 is 0. The minimum Gasteiger partial charge on any atom is -0.288 e. The third-order valence-electron chi connectivity index (χ3n) is 1.77. The summed E-state index contributed by atoms with van der Waals surface area (Å²) in [5, 5.41) is 18.7. The van der Waals surface area contributed by atoms with Crippen LogP contribution in [0.25, 0.3) is 0 Å². The molecule has 0 aliphatic carbocycles. The smallest absolute Gasteiger partial charge is 0.274 e. The first-order chi connectivity index (χ1) is 6.56. The molecular formula is C8H8N2O4. The Morgan fingerprint density at radius 1 is 1.57 bits per heavy atom. The number of nitro groups is 1. The maximum absolute atomic E-state index is 11.0. The van der Waals surface area contributed by atoms with Crippen LogP contribution in [0.4, 0.5) is 5.69 Å². The molecule has 0 saturated carbocycles. The van der Waals surface area contributed by atoms with Crippen molar-refractivity contribution < 1.29 is 14.9 Å². The number of benzene rings is 1. The fourth-order valence-corrected chi connectivity index (χ4v) is 1.08. The van der Waals surface area contributed by atoms with E-state index < -0.39 is 10.8 Å². The van der Waals surface area contributed by atoms with Crippen LogP contribution in [0.5, 0.6) is 0 Å². The molecular weight excluding hydrogens is 188 g/mol. The molecule has 0 heterocycles. The van der Waals surface area contributed by atoms with Gasteiger partial charge in [0.2, 0.25) is 0 Å². The number of hydroxylamine groups is 1. The maximum Gasteiger partial charge on any atom is 0.274 e. The minimum absolute atomic E-state index is 0.0861. The SMILES string of the molecule is Cc1cc([N+](=O)[O-])ccc1C(=O)NO. The van der Waals surface area contributed by atoms with Crippen molar-refractivity contribution in [3.05, 3.63) is 39.4 Å². The second-order valence-electron chi connectivity index (χ2n) is 2.70. The number of nitrogens with zero attached hydrogens (tertiary/aromatic N) is 1. The molecule has 0 spiro atoms. The summed E-state index contributed by atoms with van der Waals surface area (Å²) in [5.74, 6) is -0.683. The molecule has 0 fully saturated rings. The van der Waals surface area contributed by atoms with Gasteiger partial charge in [0, 0.05) is 17.7 Å². The molecule has 1 aromatic carbocycles. The summed E-state index contributed by atoms with van der Waals surface area (Å²) in [6, 6.07) is 3.77. The topological polar surface area (TPSA) is 92.5 Å². The van der Waals surface area contributed by atoms with Crippen LogP contribution in [0.15, 0.2) is 18.2 Å². The van der Waals surface area contributed by atoms with E-state index in [4.69, 9.17) is 5.21 Å². The second-order valence-corrected chi connectivity index (χ2v) is 2.70. The second kappa shape index (κ2) is 3.84. The number of carbonyl (C=O) groups excluding carboxylic acids is 1. The Balaban J connectivity index is 3.14. The maximum atomic E-state index is 11.0. The summed E-state index contributed by atoms with van der Waals surface area (Å²) in [6.07, 6.45) is 0. The zero-order valence-corrected chi connectivity index (χ0v) is 7.35. The number of rotatable bonds is 2. The van der Waals surface area contributed by atoms with Crippen molar-refractivity contribution in [2.75, 3.05) is 0 Å². The molecule has 0 bridgehead atoms. The van der Waals surface area contributed by atoms with Crippen LogP contribution in [0, 0.1) is 17.0 Å². The van der Waals surface area contributed by atoms with Gasteiger partial charge in [-0.1, -0.05) is 0 Å². The van der Waals surface area contributed by atoms with Crippen molar-refractivity contribution in [2.24, 2.45) is 0 Å². The Kier molecular flexibility index (Phi) is 2.78. The number of nitrogens with one attached hydrogen (secondary N) is 1. The predicted octanol–water partition coefficient (Wildman–Crippen LogP) is 1.02. The fourth-order valence-electron chi connectivity index (χ4n) is 1.08. The minimum atomic E-state index is -0.683.